The fraction of sp³-hybridized carbons (Fsp3) is 0.938. The van der Waals surface area contributed by atoms with Crippen molar-refractivity contribution in [3.63, 3.8) is 0 Å². The molecule has 0 unspecified atom stereocenters. The van der Waals surface area contributed by atoms with Crippen molar-refractivity contribution in [2.75, 3.05) is 32.7 Å². The molecule has 1 fully saturated rings. The van der Waals surface area contributed by atoms with Gasteiger partial charge in [-0.1, -0.05) is 20.8 Å². The van der Waals surface area contributed by atoms with Crippen LogP contribution in [0.2, 0.25) is 0 Å². The predicted molar refractivity (Wildman–Crippen MR) is 86.4 cm³/mol. The highest BCUT2D eigenvalue weighted by Crippen LogP contribution is 2.19. The van der Waals surface area contributed by atoms with Gasteiger partial charge in [0.1, 0.15) is 0 Å². The minimum absolute atomic E-state index is 0.165. The molecule has 2 amide bonds. The number of nitrogens with zero attached hydrogens (tertiary/aromatic N) is 1. The van der Waals surface area contributed by atoms with E-state index < -0.39 is 5.60 Å². The monoisotopic (exact) mass is 299 g/mol. The first kappa shape index (κ1) is 18.2. The van der Waals surface area contributed by atoms with Crippen LogP contribution in [0, 0.1) is 5.92 Å². The van der Waals surface area contributed by atoms with Crippen molar-refractivity contribution >= 4 is 6.03 Å². The highest BCUT2D eigenvalue weighted by Gasteiger charge is 2.22. The third-order valence-corrected chi connectivity index (χ3v) is 4.89. The first-order valence-corrected chi connectivity index (χ1v) is 8.49. The zero-order valence-corrected chi connectivity index (χ0v) is 14.0. The summed E-state index contributed by atoms with van der Waals surface area (Å²) in [5.74, 6) is 0.733. The number of rotatable bonds is 8. The summed E-state index contributed by atoms with van der Waals surface area (Å²) in [6.07, 6.45) is 4.83. The molecule has 5 nitrogen and oxygen atoms in total. The quantitative estimate of drug-likeness (QED) is 0.642. The number of amides is 2. The van der Waals surface area contributed by atoms with E-state index in [1.165, 1.54) is 25.9 Å². The maximum atomic E-state index is 11.7. The van der Waals surface area contributed by atoms with E-state index in [0.29, 0.717) is 19.4 Å². The Kier molecular flexibility index (Phi) is 8.04. The number of urea groups is 1. The summed E-state index contributed by atoms with van der Waals surface area (Å²) in [6.45, 7) is 10.6. The molecule has 0 aliphatic carbocycles. The van der Waals surface area contributed by atoms with Gasteiger partial charge in [0.2, 0.25) is 0 Å². The number of hydrogen-bond acceptors (Lipinski definition) is 3. The molecular formula is C16H33N3O2. The van der Waals surface area contributed by atoms with Crippen LogP contribution >= 0.6 is 0 Å². The van der Waals surface area contributed by atoms with Crippen LogP contribution in [-0.4, -0.2) is 54.4 Å². The first-order chi connectivity index (χ1) is 10.0. The average molecular weight is 299 g/mol. The zero-order valence-electron chi connectivity index (χ0n) is 14.0. The lowest BCUT2D eigenvalue weighted by atomic mass is 9.93. The number of carbonyl (C=O) groups excluding carboxylic acids is 1. The van der Waals surface area contributed by atoms with Gasteiger partial charge in [-0.05, 0) is 57.7 Å². The van der Waals surface area contributed by atoms with Gasteiger partial charge in [-0.2, -0.15) is 0 Å². The number of hydrogen-bond donors (Lipinski definition) is 3. The van der Waals surface area contributed by atoms with E-state index in [1.54, 1.807) is 0 Å². The number of piperidine rings is 1. The molecule has 1 aliphatic rings. The number of aliphatic hydroxyl groups is 1. The Labute approximate surface area is 129 Å². The molecule has 0 radical (unpaired) electrons. The van der Waals surface area contributed by atoms with Crippen LogP contribution in [0.25, 0.3) is 0 Å². The Bertz CT molecular complexity index is 298. The molecule has 3 N–H and O–H groups in total. The van der Waals surface area contributed by atoms with Gasteiger partial charge in [-0.15, -0.1) is 0 Å². The third kappa shape index (κ3) is 6.66. The Morgan fingerprint density at radius 1 is 1.19 bits per heavy atom. The van der Waals surface area contributed by atoms with Crippen molar-refractivity contribution < 1.29 is 9.90 Å². The van der Waals surface area contributed by atoms with Gasteiger partial charge in [0.05, 0.1) is 5.60 Å². The summed E-state index contributed by atoms with van der Waals surface area (Å²) in [5.41, 5.74) is -0.773. The van der Waals surface area contributed by atoms with Crippen LogP contribution < -0.4 is 10.6 Å². The van der Waals surface area contributed by atoms with E-state index in [-0.39, 0.29) is 6.03 Å². The smallest absolute Gasteiger partial charge is 0.314 e. The lowest BCUT2D eigenvalue weighted by Gasteiger charge is -2.31. The molecule has 124 valence electrons. The standard InChI is InChI=1S/C16H33N3O2/c1-4-16(21,5-2)13-18-15(20)17-10-7-14-8-11-19(6-3)12-9-14/h14,21H,4-13H2,1-3H3,(H2,17,18,20). The minimum atomic E-state index is -0.773. The topological polar surface area (TPSA) is 64.6 Å². The summed E-state index contributed by atoms with van der Waals surface area (Å²) in [4.78, 5) is 14.2. The van der Waals surface area contributed by atoms with Crippen LogP contribution in [0.15, 0.2) is 0 Å². The second kappa shape index (κ2) is 9.26. The van der Waals surface area contributed by atoms with Crippen LogP contribution in [0.4, 0.5) is 4.79 Å². The van der Waals surface area contributed by atoms with Crippen molar-refractivity contribution in [1.82, 2.24) is 15.5 Å². The van der Waals surface area contributed by atoms with Gasteiger partial charge in [-0.3, -0.25) is 0 Å². The Balaban J connectivity index is 2.11. The van der Waals surface area contributed by atoms with Gasteiger partial charge >= 0.3 is 6.03 Å². The first-order valence-electron chi connectivity index (χ1n) is 8.49. The summed E-state index contributed by atoms with van der Waals surface area (Å²) >= 11 is 0. The van der Waals surface area contributed by atoms with E-state index in [4.69, 9.17) is 0 Å². The fourth-order valence-corrected chi connectivity index (χ4v) is 2.79. The number of carbonyl (C=O) groups is 1. The van der Waals surface area contributed by atoms with E-state index in [2.05, 4.69) is 22.5 Å². The Hall–Kier alpha value is -0.810. The van der Waals surface area contributed by atoms with Crippen molar-refractivity contribution in [2.24, 2.45) is 5.92 Å². The van der Waals surface area contributed by atoms with Crippen LogP contribution in [0.5, 0.6) is 0 Å². The molecule has 0 bridgehead atoms. The molecule has 5 heteroatoms. The Morgan fingerprint density at radius 3 is 2.33 bits per heavy atom. The largest absolute Gasteiger partial charge is 0.388 e. The molecule has 1 saturated heterocycles. The van der Waals surface area contributed by atoms with E-state index in [0.717, 1.165) is 25.4 Å². The minimum Gasteiger partial charge on any atom is -0.388 e. The van der Waals surface area contributed by atoms with Crippen molar-refractivity contribution in [3.05, 3.63) is 0 Å². The van der Waals surface area contributed by atoms with Crippen LogP contribution in [0.1, 0.15) is 52.9 Å². The van der Waals surface area contributed by atoms with E-state index >= 15 is 0 Å². The lowest BCUT2D eigenvalue weighted by Crippen LogP contribution is -2.46. The number of nitrogens with one attached hydrogen (secondary N) is 2. The molecule has 0 aromatic heterocycles. The second-order valence-corrected chi connectivity index (χ2v) is 6.21. The molecule has 0 atom stereocenters. The van der Waals surface area contributed by atoms with Gasteiger partial charge in [0.15, 0.2) is 0 Å². The summed E-state index contributed by atoms with van der Waals surface area (Å²) in [6, 6.07) is -0.165. The van der Waals surface area contributed by atoms with Gasteiger partial charge in [-0.25, -0.2) is 4.79 Å². The zero-order chi connectivity index (χ0) is 15.7. The second-order valence-electron chi connectivity index (χ2n) is 6.21. The van der Waals surface area contributed by atoms with Crippen LogP contribution in [0.3, 0.4) is 0 Å². The van der Waals surface area contributed by atoms with Gasteiger partial charge in [0, 0.05) is 13.1 Å². The maximum absolute atomic E-state index is 11.7. The van der Waals surface area contributed by atoms with Gasteiger partial charge < -0.3 is 20.6 Å². The van der Waals surface area contributed by atoms with Crippen molar-refractivity contribution in [1.29, 1.82) is 0 Å². The SMILES string of the molecule is CCN1CCC(CCNC(=O)NCC(O)(CC)CC)CC1. The highest BCUT2D eigenvalue weighted by molar-refractivity contribution is 5.73. The highest BCUT2D eigenvalue weighted by atomic mass is 16.3. The molecular weight excluding hydrogens is 266 g/mol. The molecule has 1 rings (SSSR count). The molecule has 21 heavy (non-hydrogen) atoms. The summed E-state index contributed by atoms with van der Waals surface area (Å²) < 4.78 is 0. The van der Waals surface area contributed by atoms with Crippen LogP contribution in [-0.2, 0) is 0 Å². The van der Waals surface area contributed by atoms with Gasteiger partial charge in [0.25, 0.3) is 0 Å². The van der Waals surface area contributed by atoms with E-state index in [9.17, 15) is 9.90 Å². The lowest BCUT2D eigenvalue weighted by molar-refractivity contribution is 0.0349. The molecule has 0 saturated carbocycles. The maximum Gasteiger partial charge on any atom is 0.314 e. The van der Waals surface area contributed by atoms with Crippen molar-refractivity contribution in [2.45, 2.75) is 58.5 Å². The third-order valence-electron chi connectivity index (χ3n) is 4.89. The van der Waals surface area contributed by atoms with Crippen molar-refractivity contribution in [3.8, 4) is 0 Å². The summed E-state index contributed by atoms with van der Waals surface area (Å²) in [7, 11) is 0. The predicted octanol–water partition coefficient (Wildman–Crippen LogP) is 1.96. The van der Waals surface area contributed by atoms with E-state index in [1.807, 2.05) is 13.8 Å². The molecule has 0 aromatic rings. The molecule has 0 spiro atoms. The normalized spacial score (nSPS) is 17.7. The Morgan fingerprint density at radius 2 is 1.81 bits per heavy atom. The fourth-order valence-electron chi connectivity index (χ4n) is 2.79. The number of likely N-dealkylation sites (tertiary alicyclic amines) is 1. The molecule has 1 heterocycles. The summed E-state index contributed by atoms with van der Waals surface area (Å²) in [5, 5.41) is 15.8. The molecule has 1 aliphatic heterocycles. The average Bonchev–Trinajstić information content (AvgIpc) is 2.53. The molecule has 0 aromatic carbocycles.